The van der Waals surface area contributed by atoms with Crippen LogP contribution < -0.4 is 5.32 Å². The van der Waals surface area contributed by atoms with Crippen molar-refractivity contribution in [3.63, 3.8) is 0 Å². The number of carboxylic acid groups (broad SMARTS) is 1. The predicted octanol–water partition coefficient (Wildman–Crippen LogP) is 2.24. The molecule has 2 aliphatic rings. The number of piperidine rings is 2. The first-order valence-electron chi connectivity index (χ1n) is 11.3. The van der Waals surface area contributed by atoms with Crippen LogP contribution in [-0.2, 0) is 19.1 Å². The normalized spacial score (nSPS) is 20.3. The molecule has 2 fully saturated rings. The Morgan fingerprint density at radius 2 is 1.68 bits per heavy atom. The third kappa shape index (κ3) is 8.75. The number of carbonyl (C=O) groups excluding carboxylic acids is 3. The number of aliphatic carboxylic acids is 1. The van der Waals surface area contributed by atoms with Gasteiger partial charge < -0.3 is 25.0 Å². The highest BCUT2D eigenvalue weighted by molar-refractivity contribution is 5.81. The highest BCUT2D eigenvalue weighted by Gasteiger charge is 2.30. The third-order valence-corrected chi connectivity index (χ3v) is 5.82. The van der Waals surface area contributed by atoms with E-state index < -0.39 is 11.6 Å². The molecule has 2 aliphatic heterocycles. The van der Waals surface area contributed by atoms with Crippen molar-refractivity contribution >= 4 is 23.9 Å². The Balaban J connectivity index is 1.70. The average molecular weight is 440 g/mol. The predicted molar refractivity (Wildman–Crippen MR) is 114 cm³/mol. The van der Waals surface area contributed by atoms with E-state index in [1.165, 1.54) is 0 Å². The molecule has 1 atom stereocenters. The molecule has 0 aromatic rings. The number of nitrogens with one attached hydrogen (secondary N) is 1. The first-order valence-corrected chi connectivity index (χ1v) is 11.3. The maximum Gasteiger partial charge on any atom is 0.410 e. The molecular formula is C22H37N3O6. The van der Waals surface area contributed by atoms with Gasteiger partial charge in [-0.05, 0) is 58.8 Å². The first-order chi connectivity index (χ1) is 14.5. The van der Waals surface area contributed by atoms with E-state index in [1.807, 2.05) is 20.8 Å². The molecule has 2 rings (SSSR count). The van der Waals surface area contributed by atoms with Crippen LogP contribution in [0.1, 0.15) is 65.7 Å². The van der Waals surface area contributed by atoms with Gasteiger partial charge in [0.1, 0.15) is 5.60 Å². The Kier molecular flexibility index (Phi) is 9.13. The van der Waals surface area contributed by atoms with Gasteiger partial charge in [-0.1, -0.05) is 0 Å². The number of ether oxygens (including phenoxy) is 1. The molecule has 0 radical (unpaired) electrons. The molecule has 2 N–H and O–H groups in total. The molecule has 0 aromatic carbocycles. The molecule has 1 unspecified atom stereocenters. The van der Waals surface area contributed by atoms with Crippen molar-refractivity contribution in [2.45, 2.75) is 71.3 Å². The maximum atomic E-state index is 12.7. The molecule has 176 valence electrons. The maximum absolute atomic E-state index is 12.7. The monoisotopic (exact) mass is 439 g/mol. The van der Waals surface area contributed by atoms with Crippen molar-refractivity contribution in [3.8, 4) is 0 Å². The zero-order valence-electron chi connectivity index (χ0n) is 19.0. The van der Waals surface area contributed by atoms with Gasteiger partial charge in [0.2, 0.25) is 11.8 Å². The van der Waals surface area contributed by atoms with E-state index in [-0.39, 0.29) is 36.8 Å². The summed E-state index contributed by atoms with van der Waals surface area (Å²) in [7, 11) is 0. The molecule has 9 heteroatoms. The smallest absolute Gasteiger partial charge is 0.410 e. The number of hydrogen-bond acceptors (Lipinski definition) is 5. The molecule has 0 spiro atoms. The van der Waals surface area contributed by atoms with Crippen LogP contribution in [-0.4, -0.2) is 77.1 Å². The summed E-state index contributed by atoms with van der Waals surface area (Å²) < 4.78 is 5.42. The SMILES string of the molecule is CC(C)(C)OC(=O)N1CCC(CCC(=O)N2CCCC(C(=O)NCCC(=O)O)C2)CC1. The lowest BCUT2D eigenvalue weighted by atomic mass is 9.91. The standard InChI is InChI=1S/C22H37N3O6/c1-22(2,3)31-21(30)24-13-9-16(10-14-24)6-7-18(26)25-12-4-5-17(15-25)20(29)23-11-8-19(27)28/h16-17H,4-15H2,1-3H3,(H,23,29)(H,27,28). The molecular weight excluding hydrogens is 402 g/mol. The quantitative estimate of drug-likeness (QED) is 0.628. The van der Waals surface area contributed by atoms with Gasteiger partial charge in [0.25, 0.3) is 0 Å². The van der Waals surface area contributed by atoms with Crippen molar-refractivity contribution in [1.82, 2.24) is 15.1 Å². The van der Waals surface area contributed by atoms with E-state index in [2.05, 4.69) is 5.32 Å². The number of amides is 3. The lowest BCUT2D eigenvalue weighted by Gasteiger charge is -2.34. The minimum Gasteiger partial charge on any atom is -0.481 e. The molecule has 0 bridgehead atoms. The van der Waals surface area contributed by atoms with Gasteiger partial charge in [-0.2, -0.15) is 0 Å². The van der Waals surface area contributed by atoms with E-state index in [9.17, 15) is 19.2 Å². The van der Waals surface area contributed by atoms with Crippen LogP contribution in [0, 0.1) is 11.8 Å². The summed E-state index contributed by atoms with van der Waals surface area (Å²) in [4.78, 5) is 51.2. The van der Waals surface area contributed by atoms with Crippen LogP contribution in [0.2, 0.25) is 0 Å². The number of hydrogen-bond donors (Lipinski definition) is 2. The van der Waals surface area contributed by atoms with Crippen molar-refractivity contribution in [1.29, 1.82) is 0 Å². The summed E-state index contributed by atoms with van der Waals surface area (Å²) >= 11 is 0. The van der Waals surface area contributed by atoms with Gasteiger partial charge in [-0.3, -0.25) is 14.4 Å². The summed E-state index contributed by atoms with van der Waals surface area (Å²) in [6.07, 6.45) is 4.07. The van der Waals surface area contributed by atoms with Gasteiger partial charge in [0.05, 0.1) is 12.3 Å². The van der Waals surface area contributed by atoms with Crippen LogP contribution in [0.4, 0.5) is 4.79 Å². The minimum atomic E-state index is -0.947. The second kappa shape index (κ2) is 11.3. The highest BCUT2D eigenvalue weighted by atomic mass is 16.6. The summed E-state index contributed by atoms with van der Waals surface area (Å²) in [5.74, 6) is -0.922. The van der Waals surface area contributed by atoms with Crippen molar-refractivity contribution in [2.24, 2.45) is 11.8 Å². The van der Waals surface area contributed by atoms with Gasteiger partial charge >= 0.3 is 12.1 Å². The molecule has 9 nitrogen and oxygen atoms in total. The molecule has 0 aliphatic carbocycles. The lowest BCUT2D eigenvalue weighted by Crippen LogP contribution is -2.46. The van der Waals surface area contributed by atoms with Gasteiger partial charge in [-0.25, -0.2) is 4.79 Å². The Hall–Kier alpha value is -2.32. The van der Waals surface area contributed by atoms with Crippen LogP contribution >= 0.6 is 0 Å². The third-order valence-electron chi connectivity index (χ3n) is 5.82. The van der Waals surface area contributed by atoms with Crippen molar-refractivity contribution in [3.05, 3.63) is 0 Å². The Morgan fingerprint density at radius 1 is 1.00 bits per heavy atom. The summed E-state index contributed by atoms with van der Waals surface area (Å²) in [6, 6.07) is 0. The van der Waals surface area contributed by atoms with Crippen molar-refractivity contribution in [2.75, 3.05) is 32.7 Å². The van der Waals surface area contributed by atoms with Crippen molar-refractivity contribution < 1.29 is 29.0 Å². The summed E-state index contributed by atoms with van der Waals surface area (Å²) in [5.41, 5.74) is -0.500. The fraction of sp³-hybridized carbons (Fsp3) is 0.818. The fourth-order valence-electron chi connectivity index (χ4n) is 4.07. The van der Waals surface area contributed by atoms with E-state index in [0.29, 0.717) is 44.9 Å². The molecule has 0 saturated carbocycles. The lowest BCUT2D eigenvalue weighted by molar-refractivity contribution is -0.137. The molecule has 2 heterocycles. The zero-order chi connectivity index (χ0) is 23.0. The number of carboxylic acids is 1. The molecule has 3 amide bonds. The summed E-state index contributed by atoms with van der Waals surface area (Å²) in [6.45, 7) is 8.03. The van der Waals surface area contributed by atoms with E-state index in [1.54, 1.807) is 9.80 Å². The number of likely N-dealkylation sites (tertiary alicyclic amines) is 2. The van der Waals surface area contributed by atoms with Gasteiger partial charge in [0, 0.05) is 39.1 Å². The van der Waals surface area contributed by atoms with Crippen LogP contribution in [0.25, 0.3) is 0 Å². The average Bonchev–Trinajstić information content (AvgIpc) is 2.71. The number of carbonyl (C=O) groups is 4. The van der Waals surface area contributed by atoms with E-state index >= 15 is 0 Å². The highest BCUT2D eigenvalue weighted by Crippen LogP contribution is 2.25. The van der Waals surface area contributed by atoms with Gasteiger partial charge in [-0.15, -0.1) is 0 Å². The topological polar surface area (TPSA) is 116 Å². The zero-order valence-corrected chi connectivity index (χ0v) is 19.0. The molecule has 0 aromatic heterocycles. The minimum absolute atomic E-state index is 0.0672. The van der Waals surface area contributed by atoms with Crippen LogP contribution in [0.15, 0.2) is 0 Å². The van der Waals surface area contributed by atoms with E-state index in [0.717, 1.165) is 25.7 Å². The second-order valence-electron chi connectivity index (χ2n) is 9.56. The van der Waals surface area contributed by atoms with Crippen LogP contribution in [0.5, 0.6) is 0 Å². The molecule has 31 heavy (non-hydrogen) atoms. The Labute approximate surface area is 184 Å². The van der Waals surface area contributed by atoms with Crippen LogP contribution in [0.3, 0.4) is 0 Å². The second-order valence-corrected chi connectivity index (χ2v) is 9.56. The summed E-state index contributed by atoms with van der Waals surface area (Å²) in [5, 5.41) is 11.3. The first kappa shape index (κ1) is 24.9. The molecule has 2 saturated heterocycles. The fourth-order valence-corrected chi connectivity index (χ4v) is 4.07. The number of rotatable bonds is 7. The van der Waals surface area contributed by atoms with E-state index in [4.69, 9.17) is 9.84 Å². The largest absolute Gasteiger partial charge is 0.481 e. The number of nitrogens with zero attached hydrogens (tertiary/aromatic N) is 2. The Morgan fingerprint density at radius 3 is 2.29 bits per heavy atom. The Bertz CT molecular complexity index is 652. The van der Waals surface area contributed by atoms with Gasteiger partial charge in [0.15, 0.2) is 0 Å².